The number of hydrogen-bond donors (Lipinski definition) is 1. The minimum atomic E-state index is -0.435. The van der Waals surface area contributed by atoms with E-state index in [9.17, 15) is 4.39 Å². The number of nitrogens with zero attached hydrogens (tertiary/aromatic N) is 2. The van der Waals surface area contributed by atoms with Crippen LogP contribution in [-0.4, -0.2) is 17.0 Å². The zero-order valence-electron chi connectivity index (χ0n) is 9.34. The third kappa shape index (κ3) is 1.64. The van der Waals surface area contributed by atoms with E-state index in [2.05, 4.69) is 15.3 Å². The second-order valence-electron chi connectivity index (χ2n) is 3.48. The van der Waals surface area contributed by atoms with Gasteiger partial charge in [-0.2, -0.15) is 0 Å². The van der Waals surface area contributed by atoms with Gasteiger partial charge in [0.2, 0.25) is 0 Å². The van der Waals surface area contributed by atoms with Crippen LogP contribution in [0.4, 0.5) is 10.2 Å². The molecule has 16 heavy (non-hydrogen) atoms. The van der Waals surface area contributed by atoms with Crippen LogP contribution in [-0.2, 0) is 0 Å². The summed E-state index contributed by atoms with van der Waals surface area (Å²) >= 11 is 0. The summed E-state index contributed by atoms with van der Waals surface area (Å²) in [5.74, 6) is 0.708. The minimum absolute atomic E-state index is 0.179. The molecule has 0 aromatic carbocycles. The number of furan rings is 1. The number of halogens is 1. The Morgan fingerprint density at radius 1 is 1.31 bits per heavy atom. The van der Waals surface area contributed by atoms with E-state index < -0.39 is 5.82 Å². The fourth-order valence-electron chi connectivity index (χ4n) is 1.43. The largest absolute Gasteiger partial charge is 0.461 e. The van der Waals surface area contributed by atoms with E-state index in [1.54, 1.807) is 20.2 Å². The molecule has 1 N–H and O–H groups in total. The second kappa shape index (κ2) is 3.92. The van der Waals surface area contributed by atoms with E-state index in [1.165, 1.54) is 0 Å². The number of nitrogens with one attached hydrogen (secondary N) is 1. The van der Waals surface area contributed by atoms with Crippen LogP contribution in [0.2, 0.25) is 0 Å². The molecule has 84 valence electrons. The summed E-state index contributed by atoms with van der Waals surface area (Å²) in [6.07, 6.45) is 1.56. The molecule has 4 nitrogen and oxygen atoms in total. The molecule has 2 rings (SSSR count). The number of anilines is 1. The lowest BCUT2D eigenvalue weighted by Crippen LogP contribution is -2.03. The summed E-state index contributed by atoms with van der Waals surface area (Å²) in [6.45, 7) is 3.49. The Kier molecular flexibility index (Phi) is 2.60. The molecule has 0 aliphatic rings. The second-order valence-corrected chi connectivity index (χ2v) is 3.48. The van der Waals surface area contributed by atoms with Gasteiger partial charge in [0.05, 0.1) is 12.0 Å². The Morgan fingerprint density at radius 3 is 2.62 bits per heavy atom. The summed E-state index contributed by atoms with van der Waals surface area (Å²) in [5.41, 5.74) is 1.22. The quantitative estimate of drug-likeness (QED) is 0.846. The van der Waals surface area contributed by atoms with Gasteiger partial charge in [-0.3, -0.25) is 0 Å². The topological polar surface area (TPSA) is 51.0 Å². The maximum atomic E-state index is 13.5. The SMILES string of the molecule is CNc1nc(-c2occc2C)nc(C)c1F. The summed E-state index contributed by atoms with van der Waals surface area (Å²) in [4.78, 5) is 8.13. The first-order chi connectivity index (χ1) is 7.63. The highest BCUT2D eigenvalue weighted by Crippen LogP contribution is 2.24. The molecule has 0 spiro atoms. The maximum Gasteiger partial charge on any atom is 0.198 e. The van der Waals surface area contributed by atoms with E-state index in [-0.39, 0.29) is 5.82 Å². The van der Waals surface area contributed by atoms with Crippen LogP contribution in [0.25, 0.3) is 11.6 Å². The van der Waals surface area contributed by atoms with Crippen molar-refractivity contribution in [1.82, 2.24) is 9.97 Å². The number of rotatable bonds is 2. The number of aryl methyl sites for hydroxylation is 2. The van der Waals surface area contributed by atoms with Crippen molar-refractivity contribution in [2.24, 2.45) is 0 Å². The average molecular weight is 221 g/mol. The van der Waals surface area contributed by atoms with Crippen molar-refractivity contribution in [3.63, 3.8) is 0 Å². The first-order valence-corrected chi connectivity index (χ1v) is 4.90. The molecule has 5 heteroatoms. The Hall–Kier alpha value is -1.91. The Balaban J connectivity index is 2.59. The van der Waals surface area contributed by atoms with Gasteiger partial charge in [0.1, 0.15) is 0 Å². The van der Waals surface area contributed by atoms with E-state index >= 15 is 0 Å². The molecule has 0 aliphatic heterocycles. The maximum absolute atomic E-state index is 13.5. The first-order valence-electron chi connectivity index (χ1n) is 4.90. The normalized spacial score (nSPS) is 10.5. The molecule has 0 saturated carbocycles. The zero-order valence-corrected chi connectivity index (χ0v) is 9.34. The lowest BCUT2D eigenvalue weighted by Gasteiger charge is -2.06. The smallest absolute Gasteiger partial charge is 0.198 e. The summed E-state index contributed by atoms with van der Waals surface area (Å²) in [7, 11) is 1.61. The third-order valence-corrected chi connectivity index (χ3v) is 2.32. The predicted octanol–water partition coefficient (Wildman–Crippen LogP) is 2.53. The van der Waals surface area contributed by atoms with Crippen LogP contribution in [0, 0.1) is 19.7 Å². The lowest BCUT2D eigenvalue weighted by molar-refractivity contribution is 0.570. The highest BCUT2D eigenvalue weighted by Gasteiger charge is 2.14. The Morgan fingerprint density at radius 2 is 2.06 bits per heavy atom. The van der Waals surface area contributed by atoms with Crippen LogP contribution in [0.1, 0.15) is 11.3 Å². The van der Waals surface area contributed by atoms with Crippen molar-refractivity contribution in [3.05, 3.63) is 29.4 Å². The van der Waals surface area contributed by atoms with E-state index in [0.717, 1.165) is 5.56 Å². The minimum Gasteiger partial charge on any atom is -0.461 e. The summed E-state index contributed by atoms with van der Waals surface area (Å²) in [6, 6.07) is 1.82. The first kappa shape index (κ1) is 10.6. The van der Waals surface area contributed by atoms with Crippen molar-refractivity contribution >= 4 is 5.82 Å². The van der Waals surface area contributed by atoms with Crippen molar-refractivity contribution in [1.29, 1.82) is 0 Å². The molecule has 0 saturated heterocycles. The van der Waals surface area contributed by atoms with Crippen LogP contribution < -0.4 is 5.32 Å². The molecule has 0 bridgehead atoms. The molecule has 2 aromatic heterocycles. The third-order valence-electron chi connectivity index (χ3n) is 2.32. The van der Waals surface area contributed by atoms with Crippen molar-refractivity contribution in [2.75, 3.05) is 12.4 Å². The standard InChI is InChI=1S/C11H12FN3O/c1-6-4-5-16-9(6)11-14-7(2)8(12)10(13-3)15-11/h4-5H,1-3H3,(H,13,14,15). The van der Waals surface area contributed by atoms with Crippen molar-refractivity contribution in [3.8, 4) is 11.6 Å². The Labute approximate surface area is 92.5 Å². The molecule has 0 amide bonds. The molecular formula is C11H12FN3O. The van der Waals surface area contributed by atoms with Gasteiger partial charge in [-0.15, -0.1) is 0 Å². The molecule has 2 aromatic rings. The molecule has 0 fully saturated rings. The predicted molar refractivity (Wildman–Crippen MR) is 58.7 cm³/mol. The molecule has 0 aliphatic carbocycles. The lowest BCUT2D eigenvalue weighted by atomic mass is 10.2. The van der Waals surface area contributed by atoms with Gasteiger partial charge in [0.15, 0.2) is 23.2 Å². The van der Waals surface area contributed by atoms with Crippen LogP contribution in [0.5, 0.6) is 0 Å². The summed E-state index contributed by atoms with van der Waals surface area (Å²) in [5, 5.41) is 2.69. The monoisotopic (exact) mass is 221 g/mol. The van der Waals surface area contributed by atoms with Crippen molar-refractivity contribution < 1.29 is 8.81 Å². The number of hydrogen-bond acceptors (Lipinski definition) is 4. The van der Waals surface area contributed by atoms with Gasteiger partial charge in [-0.1, -0.05) is 0 Å². The number of aromatic nitrogens is 2. The molecular weight excluding hydrogens is 209 g/mol. The molecule has 0 atom stereocenters. The van der Waals surface area contributed by atoms with Gasteiger partial charge in [0, 0.05) is 7.05 Å². The molecule has 0 radical (unpaired) electrons. The zero-order chi connectivity index (χ0) is 11.7. The van der Waals surface area contributed by atoms with E-state index in [1.807, 2.05) is 13.0 Å². The highest BCUT2D eigenvalue weighted by atomic mass is 19.1. The van der Waals surface area contributed by atoms with Gasteiger partial charge < -0.3 is 9.73 Å². The fourth-order valence-corrected chi connectivity index (χ4v) is 1.43. The van der Waals surface area contributed by atoms with E-state index in [0.29, 0.717) is 17.3 Å². The average Bonchev–Trinajstić information content (AvgIpc) is 2.68. The summed E-state index contributed by atoms with van der Waals surface area (Å²) < 4.78 is 18.8. The van der Waals surface area contributed by atoms with Crippen LogP contribution >= 0.6 is 0 Å². The molecule has 0 unspecified atom stereocenters. The van der Waals surface area contributed by atoms with E-state index in [4.69, 9.17) is 4.42 Å². The highest BCUT2D eigenvalue weighted by molar-refractivity contribution is 5.55. The van der Waals surface area contributed by atoms with Crippen molar-refractivity contribution in [2.45, 2.75) is 13.8 Å². The molecule has 2 heterocycles. The fraction of sp³-hybridized carbons (Fsp3) is 0.273. The van der Waals surface area contributed by atoms with Gasteiger partial charge in [-0.05, 0) is 25.5 Å². The van der Waals surface area contributed by atoms with Crippen LogP contribution in [0.15, 0.2) is 16.7 Å². The van der Waals surface area contributed by atoms with Gasteiger partial charge in [-0.25, -0.2) is 14.4 Å². The van der Waals surface area contributed by atoms with Gasteiger partial charge >= 0.3 is 0 Å². The van der Waals surface area contributed by atoms with Gasteiger partial charge in [0.25, 0.3) is 0 Å². The van der Waals surface area contributed by atoms with Crippen LogP contribution in [0.3, 0.4) is 0 Å². The Bertz CT molecular complexity index is 522.